The van der Waals surface area contributed by atoms with Gasteiger partial charge in [0, 0.05) is 0 Å². The van der Waals surface area contributed by atoms with E-state index < -0.39 is 20.0 Å². The zero-order valence-corrected chi connectivity index (χ0v) is 25.9. The summed E-state index contributed by atoms with van der Waals surface area (Å²) in [4.78, 5) is 0. The molecule has 0 bridgehead atoms. The summed E-state index contributed by atoms with van der Waals surface area (Å²) in [6.07, 6.45) is 20.0. The summed E-state index contributed by atoms with van der Waals surface area (Å²) < 4.78 is 4.97. The van der Waals surface area contributed by atoms with E-state index in [1.54, 1.807) is 30.6 Å². The minimum absolute atomic E-state index is 0. The monoisotopic (exact) mass is 672 g/mol. The van der Waals surface area contributed by atoms with Gasteiger partial charge in [0.15, 0.2) is 0 Å². The van der Waals surface area contributed by atoms with Crippen LogP contribution in [0.15, 0.2) is 59.7 Å². The molecule has 2 atom stereocenters. The molecule has 0 nitrogen and oxygen atoms in total. The Kier molecular flexibility index (Phi) is 7.89. The van der Waals surface area contributed by atoms with Crippen LogP contribution in [0.25, 0.3) is 12.2 Å². The van der Waals surface area contributed by atoms with Gasteiger partial charge in [-0.2, -0.15) is 0 Å². The van der Waals surface area contributed by atoms with E-state index >= 15 is 0 Å². The second-order valence-corrected chi connectivity index (χ2v) is 28.4. The van der Waals surface area contributed by atoms with Crippen molar-refractivity contribution in [1.29, 1.82) is 0 Å². The Morgan fingerprint density at radius 3 is 1.31 bits per heavy atom. The maximum absolute atomic E-state index is 2.71. The Bertz CT molecular complexity index is 1030. The predicted octanol–water partition coefficient (Wildman–Crippen LogP) is 3.44. The molecule has 2 aromatic rings. The molecule has 7 rings (SSSR count). The molecule has 2 saturated carbocycles. The molecule has 3 heteroatoms. The van der Waals surface area contributed by atoms with Gasteiger partial charge < -0.3 is 24.8 Å². The Morgan fingerprint density at radius 1 is 0.514 bits per heavy atom. The third-order valence-electron chi connectivity index (χ3n) is 10.1. The Morgan fingerprint density at radius 2 is 0.914 bits per heavy atom. The molecule has 5 aliphatic rings. The van der Waals surface area contributed by atoms with Gasteiger partial charge in [-0.1, -0.05) is 0 Å². The summed E-state index contributed by atoms with van der Waals surface area (Å²) in [7, 11) is 0. The van der Waals surface area contributed by atoms with E-state index in [0.717, 1.165) is 19.2 Å². The number of halogens is 2. The summed E-state index contributed by atoms with van der Waals surface area (Å²) in [6, 6.07) is 19.2. The topological polar surface area (TPSA) is 0 Å². The van der Waals surface area contributed by atoms with Gasteiger partial charge in [-0.25, -0.2) is 0 Å². The van der Waals surface area contributed by atoms with Crippen molar-refractivity contribution in [3.63, 3.8) is 0 Å². The third kappa shape index (κ3) is 4.40. The molecule has 35 heavy (non-hydrogen) atoms. The molecular weight excluding hydrogens is 634 g/mol. The number of benzene rings is 2. The molecule has 3 fully saturated rings. The molecule has 2 aromatic carbocycles. The molecule has 1 heterocycles. The van der Waals surface area contributed by atoms with Crippen LogP contribution in [0.1, 0.15) is 93.8 Å². The SMILES string of the molecule is C1=C(C2CCCCC2)[CH]([Hf+2]2([CH]3C(C4CCCCC4)=Cc4ccccc43)[CH2][CH2]2)c2ccccc21.[Cl-].[Cl-]. The fraction of sp³-hybridized carbons (Fsp3) is 0.500. The van der Waals surface area contributed by atoms with Crippen molar-refractivity contribution in [3.8, 4) is 0 Å². The Labute approximate surface area is 229 Å². The number of fused-ring (bicyclic) bond motifs is 2. The molecule has 2 unspecified atom stereocenters. The molecule has 0 radical (unpaired) electrons. The van der Waals surface area contributed by atoms with Crippen molar-refractivity contribution in [2.75, 3.05) is 0 Å². The van der Waals surface area contributed by atoms with Crippen LogP contribution in [-0.4, -0.2) is 0 Å². The summed E-state index contributed by atoms with van der Waals surface area (Å²) in [6.45, 7) is 0. The zero-order valence-electron chi connectivity index (χ0n) is 20.8. The molecule has 184 valence electrons. The summed E-state index contributed by atoms with van der Waals surface area (Å²) in [5.74, 6) is 1.74. The van der Waals surface area contributed by atoms with Crippen LogP contribution in [0.5, 0.6) is 0 Å². The van der Waals surface area contributed by atoms with Crippen molar-refractivity contribution in [2.24, 2.45) is 11.8 Å². The van der Waals surface area contributed by atoms with Crippen LogP contribution in [0, 0.1) is 11.8 Å². The van der Waals surface area contributed by atoms with E-state index in [0.29, 0.717) is 0 Å². The van der Waals surface area contributed by atoms with Gasteiger partial charge in [0.25, 0.3) is 0 Å². The first-order valence-electron chi connectivity index (χ1n) is 14.0. The van der Waals surface area contributed by atoms with E-state index in [9.17, 15) is 0 Å². The summed E-state index contributed by atoms with van der Waals surface area (Å²) in [5.41, 5.74) is 10.5. The third-order valence-corrected chi connectivity index (χ3v) is 28.9. The molecule has 0 N–H and O–H groups in total. The summed E-state index contributed by atoms with van der Waals surface area (Å²) >= 11 is -2.68. The van der Waals surface area contributed by atoms with E-state index in [-0.39, 0.29) is 24.8 Å². The fourth-order valence-corrected chi connectivity index (χ4v) is 36.7. The van der Waals surface area contributed by atoms with E-state index in [4.69, 9.17) is 0 Å². The maximum atomic E-state index is 2.71. The van der Waals surface area contributed by atoms with Crippen LogP contribution in [-0.2, 0) is 20.0 Å². The molecular formula is C32H38Cl2Hf. The van der Waals surface area contributed by atoms with Crippen molar-refractivity contribution in [1.82, 2.24) is 0 Å². The van der Waals surface area contributed by atoms with Crippen LogP contribution in [0.2, 0.25) is 8.35 Å². The van der Waals surface area contributed by atoms with Crippen LogP contribution in [0.4, 0.5) is 0 Å². The van der Waals surface area contributed by atoms with Gasteiger partial charge in [0.2, 0.25) is 0 Å². The fourth-order valence-electron chi connectivity index (χ4n) is 8.45. The largest absolute Gasteiger partial charge is 1.00 e. The van der Waals surface area contributed by atoms with Gasteiger partial charge in [0.05, 0.1) is 0 Å². The van der Waals surface area contributed by atoms with Crippen molar-refractivity contribution < 1.29 is 44.8 Å². The van der Waals surface area contributed by atoms with E-state index in [1.807, 2.05) is 11.1 Å². The van der Waals surface area contributed by atoms with Crippen LogP contribution < -0.4 is 24.8 Å². The Hall–Kier alpha value is -0.630. The molecule has 0 aromatic heterocycles. The zero-order chi connectivity index (χ0) is 21.8. The van der Waals surface area contributed by atoms with E-state index in [2.05, 4.69) is 60.7 Å². The number of allylic oxidation sites excluding steroid dienone is 2. The summed E-state index contributed by atoms with van der Waals surface area (Å²) in [5, 5.41) is 0. The second-order valence-electron chi connectivity index (χ2n) is 11.8. The van der Waals surface area contributed by atoms with Crippen LogP contribution >= 0.6 is 0 Å². The molecule has 0 spiro atoms. The standard InChI is InChI=1S/2C15H17.C2H4.2ClH.Hf/c2*1-2-6-12(7-3-1)15-10-13-8-4-5-9-14(13)11-15;1-2;;;/h2*4-5,8-12H,1-3,6-7H2;1-2H2;2*1H;/q;;;;;+2/p-2. The van der Waals surface area contributed by atoms with Gasteiger partial charge in [-0.05, 0) is 0 Å². The predicted molar refractivity (Wildman–Crippen MR) is 137 cm³/mol. The van der Waals surface area contributed by atoms with Crippen molar-refractivity contribution in [2.45, 2.75) is 79.9 Å². The first kappa shape index (κ1) is 26.0. The van der Waals surface area contributed by atoms with Gasteiger partial charge in [-0.15, -0.1) is 0 Å². The normalized spacial score (nSPS) is 26.2. The van der Waals surface area contributed by atoms with Crippen molar-refractivity contribution in [3.05, 3.63) is 81.9 Å². The number of hydrogen-bond acceptors (Lipinski definition) is 0. The Balaban J connectivity index is 0.00000127. The molecule has 4 aliphatic carbocycles. The van der Waals surface area contributed by atoms with Crippen LogP contribution in [0.3, 0.4) is 0 Å². The maximum Gasteiger partial charge on any atom is -1.00 e. The minimum Gasteiger partial charge on any atom is -1.00 e. The quantitative estimate of drug-likeness (QED) is 0.438. The van der Waals surface area contributed by atoms with E-state index in [1.165, 1.54) is 64.2 Å². The van der Waals surface area contributed by atoms with Crippen molar-refractivity contribution >= 4 is 12.2 Å². The minimum atomic E-state index is -2.68. The first-order chi connectivity index (χ1) is 16.4. The van der Waals surface area contributed by atoms with Gasteiger partial charge >= 0.3 is 206 Å². The second kappa shape index (κ2) is 10.6. The van der Waals surface area contributed by atoms with Gasteiger partial charge in [-0.3, -0.25) is 0 Å². The number of hydrogen-bond donors (Lipinski definition) is 0. The average Bonchev–Trinajstić information content (AvgIpc) is 3.41. The van der Waals surface area contributed by atoms with Gasteiger partial charge in [0.1, 0.15) is 0 Å². The smallest absolute Gasteiger partial charge is 1.00 e. The first-order valence-corrected chi connectivity index (χ1v) is 23.2. The number of rotatable bonds is 4. The molecule has 1 aliphatic heterocycles. The molecule has 1 saturated heterocycles. The molecule has 0 amide bonds. The average molecular weight is 672 g/mol.